The summed E-state index contributed by atoms with van der Waals surface area (Å²) in [6.45, 7) is 2.31. The van der Waals surface area contributed by atoms with E-state index in [1.807, 2.05) is 6.92 Å². The highest BCUT2D eigenvalue weighted by atomic mass is 19.1. The maximum absolute atomic E-state index is 13.5. The topological polar surface area (TPSA) is 33.0 Å². The Morgan fingerprint density at radius 3 is 3.07 bits per heavy atom. The molecular formula is C12H12FNO. The van der Waals surface area contributed by atoms with E-state index in [4.69, 9.17) is 4.74 Å². The molecule has 0 fully saturated rings. The van der Waals surface area contributed by atoms with Gasteiger partial charge in [0, 0.05) is 5.56 Å². The van der Waals surface area contributed by atoms with Crippen LogP contribution in [0.15, 0.2) is 18.2 Å². The molecule has 2 rings (SSSR count). The molecule has 3 heteroatoms. The second-order valence-corrected chi connectivity index (χ2v) is 4.01. The number of fused-ring (bicyclic) bond motifs is 1. The summed E-state index contributed by atoms with van der Waals surface area (Å²) >= 11 is 0. The van der Waals surface area contributed by atoms with Gasteiger partial charge in [-0.3, -0.25) is 0 Å². The molecule has 0 saturated heterocycles. The molecule has 0 aliphatic carbocycles. The maximum atomic E-state index is 13.5. The summed E-state index contributed by atoms with van der Waals surface area (Å²) in [5.74, 6) is -0.130. The number of nitriles is 1. The third-order valence-corrected chi connectivity index (χ3v) is 2.88. The van der Waals surface area contributed by atoms with Crippen LogP contribution in [0.1, 0.15) is 25.3 Å². The van der Waals surface area contributed by atoms with E-state index in [0.717, 1.165) is 6.42 Å². The van der Waals surface area contributed by atoms with E-state index in [2.05, 4.69) is 6.07 Å². The van der Waals surface area contributed by atoms with Crippen LogP contribution in [0.4, 0.5) is 4.39 Å². The Bertz CT molecular complexity index is 424. The minimum atomic E-state index is -0.631. The average Bonchev–Trinajstić information content (AvgIpc) is 2.41. The summed E-state index contributed by atoms with van der Waals surface area (Å²) in [5.41, 5.74) is 0.0380. The van der Waals surface area contributed by atoms with Gasteiger partial charge in [0.2, 0.25) is 0 Å². The van der Waals surface area contributed by atoms with Gasteiger partial charge in [0.1, 0.15) is 0 Å². The standard InChI is InChI=1S/C12H12FNO/c1-12(8-14)6-3-7-15-11-9(12)4-2-5-10(11)13/h2,4-5H,3,6-7H2,1H3. The zero-order chi connectivity index (χ0) is 10.9. The first-order valence-electron chi connectivity index (χ1n) is 5.00. The van der Waals surface area contributed by atoms with Crippen molar-refractivity contribution in [1.29, 1.82) is 5.26 Å². The fourth-order valence-corrected chi connectivity index (χ4v) is 1.94. The molecule has 0 spiro atoms. The van der Waals surface area contributed by atoms with Gasteiger partial charge in [-0.05, 0) is 25.8 Å². The maximum Gasteiger partial charge on any atom is 0.165 e. The van der Waals surface area contributed by atoms with Crippen molar-refractivity contribution in [1.82, 2.24) is 0 Å². The van der Waals surface area contributed by atoms with Crippen molar-refractivity contribution < 1.29 is 9.13 Å². The molecular weight excluding hydrogens is 193 g/mol. The van der Waals surface area contributed by atoms with Crippen molar-refractivity contribution in [2.75, 3.05) is 6.61 Å². The van der Waals surface area contributed by atoms with Gasteiger partial charge in [-0.25, -0.2) is 4.39 Å². The molecule has 1 unspecified atom stereocenters. The number of nitrogens with zero attached hydrogens (tertiary/aromatic N) is 1. The summed E-state index contributed by atoms with van der Waals surface area (Å²) in [7, 11) is 0. The number of hydrogen-bond acceptors (Lipinski definition) is 2. The van der Waals surface area contributed by atoms with E-state index in [-0.39, 0.29) is 11.6 Å². The summed E-state index contributed by atoms with van der Waals surface area (Å²) in [4.78, 5) is 0. The molecule has 0 amide bonds. The lowest BCUT2D eigenvalue weighted by atomic mass is 9.80. The summed E-state index contributed by atoms with van der Waals surface area (Å²) in [5, 5.41) is 9.18. The third kappa shape index (κ3) is 1.56. The fraction of sp³-hybridized carbons (Fsp3) is 0.417. The number of benzene rings is 1. The van der Waals surface area contributed by atoms with Crippen LogP contribution in [0.3, 0.4) is 0 Å². The molecule has 0 aromatic heterocycles. The van der Waals surface area contributed by atoms with E-state index in [9.17, 15) is 9.65 Å². The van der Waals surface area contributed by atoms with E-state index in [1.165, 1.54) is 6.07 Å². The van der Waals surface area contributed by atoms with Gasteiger partial charge < -0.3 is 4.74 Å². The first-order valence-corrected chi connectivity index (χ1v) is 5.00. The second kappa shape index (κ2) is 3.54. The molecule has 15 heavy (non-hydrogen) atoms. The molecule has 0 radical (unpaired) electrons. The van der Waals surface area contributed by atoms with Crippen LogP contribution in [0, 0.1) is 17.1 Å². The fourth-order valence-electron chi connectivity index (χ4n) is 1.94. The molecule has 2 nitrogen and oxygen atoms in total. The van der Waals surface area contributed by atoms with Crippen LogP contribution in [0.25, 0.3) is 0 Å². The van der Waals surface area contributed by atoms with Crippen LogP contribution in [0.5, 0.6) is 5.75 Å². The number of ether oxygens (including phenoxy) is 1. The summed E-state index contributed by atoms with van der Waals surface area (Å²) < 4.78 is 18.8. The number of hydrogen-bond donors (Lipinski definition) is 0. The van der Waals surface area contributed by atoms with Gasteiger partial charge in [0.15, 0.2) is 11.6 Å². The predicted molar refractivity (Wildman–Crippen MR) is 54.1 cm³/mol. The zero-order valence-electron chi connectivity index (χ0n) is 8.59. The first-order chi connectivity index (χ1) is 7.17. The van der Waals surface area contributed by atoms with Crippen LogP contribution in [-0.2, 0) is 5.41 Å². The molecule has 0 N–H and O–H groups in total. The Kier molecular flexibility index (Phi) is 2.36. The highest BCUT2D eigenvalue weighted by Crippen LogP contribution is 2.38. The van der Waals surface area contributed by atoms with Crippen molar-refractivity contribution in [2.24, 2.45) is 0 Å². The van der Waals surface area contributed by atoms with Crippen LogP contribution in [0.2, 0.25) is 0 Å². The van der Waals surface area contributed by atoms with Gasteiger partial charge in [0.05, 0.1) is 18.1 Å². The minimum Gasteiger partial charge on any atom is -0.490 e. The number of rotatable bonds is 0. The largest absolute Gasteiger partial charge is 0.490 e. The normalized spacial score (nSPS) is 24.6. The Balaban J connectivity index is 2.61. The SMILES string of the molecule is CC1(C#N)CCCOc2c(F)cccc21. The smallest absolute Gasteiger partial charge is 0.165 e. The summed E-state index contributed by atoms with van der Waals surface area (Å²) in [6, 6.07) is 7.01. The molecule has 1 aliphatic heterocycles. The lowest BCUT2D eigenvalue weighted by Gasteiger charge is -2.20. The molecule has 1 aromatic carbocycles. The monoisotopic (exact) mass is 205 g/mol. The van der Waals surface area contributed by atoms with Crippen molar-refractivity contribution >= 4 is 0 Å². The molecule has 1 aliphatic rings. The second-order valence-electron chi connectivity index (χ2n) is 4.01. The van der Waals surface area contributed by atoms with Crippen molar-refractivity contribution in [3.63, 3.8) is 0 Å². The third-order valence-electron chi connectivity index (χ3n) is 2.88. The Morgan fingerprint density at radius 2 is 2.33 bits per heavy atom. The molecule has 78 valence electrons. The van der Waals surface area contributed by atoms with E-state index < -0.39 is 5.41 Å². The minimum absolute atomic E-state index is 0.249. The highest BCUT2D eigenvalue weighted by molar-refractivity contribution is 5.44. The van der Waals surface area contributed by atoms with Crippen LogP contribution in [-0.4, -0.2) is 6.61 Å². The van der Waals surface area contributed by atoms with E-state index in [0.29, 0.717) is 18.6 Å². The van der Waals surface area contributed by atoms with Crippen LogP contribution < -0.4 is 4.74 Å². The van der Waals surface area contributed by atoms with Crippen molar-refractivity contribution in [3.05, 3.63) is 29.6 Å². The number of para-hydroxylation sites is 1. The van der Waals surface area contributed by atoms with E-state index in [1.54, 1.807) is 12.1 Å². The molecule has 1 aromatic rings. The summed E-state index contributed by atoms with van der Waals surface area (Å²) in [6.07, 6.45) is 1.48. The van der Waals surface area contributed by atoms with Crippen molar-refractivity contribution in [3.8, 4) is 11.8 Å². The molecule has 1 atom stereocenters. The molecule has 0 saturated carbocycles. The first kappa shape index (κ1) is 9.97. The van der Waals surface area contributed by atoms with Gasteiger partial charge in [0.25, 0.3) is 0 Å². The highest BCUT2D eigenvalue weighted by Gasteiger charge is 2.32. The van der Waals surface area contributed by atoms with Gasteiger partial charge >= 0.3 is 0 Å². The Morgan fingerprint density at radius 1 is 1.53 bits per heavy atom. The van der Waals surface area contributed by atoms with Gasteiger partial charge in [-0.2, -0.15) is 5.26 Å². The van der Waals surface area contributed by atoms with E-state index >= 15 is 0 Å². The lowest BCUT2D eigenvalue weighted by Crippen LogP contribution is -2.18. The Labute approximate surface area is 88.3 Å². The zero-order valence-corrected chi connectivity index (χ0v) is 8.59. The molecule has 0 bridgehead atoms. The molecule has 1 heterocycles. The van der Waals surface area contributed by atoms with Crippen molar-refractivity contribution in [2.45, 2.75) is 25.2 Å². The Hall–Kier alpha value is -1.56. The van der Waals surface area contributed by atoms with Crippen LogP contribution >= 0.6 is 0 Å². The van der Waals surface area contributed by atoms with Gasteiger partial charge in [-0.15, -0.1) is 0 Å². The van der Waals surface area contributed by atoms with Gasteiger partial charge in [-0.1, -0.05) is 12.1 Å². The lowest BCUT2D eigenvalue weighted by molar-refractivity contribution is 0.300. The quantitative estimate of drug-likeness (QED) is 0.652. The number of halogens is 1. The predicted octanol–water partition coefficient (Wildman–Crippen LogP) is 2.78. The average molecular weight is 205 g/mol.